The van der Waals surface area contributed by atoms with E-state index in [1.165, 1.54) is 10.4 Å². The second-order valence-electron chi connectivity index (χ2n) is 7.68. The summed E-state index contributed by atoms with van der Waals surface area (Å²) in [5.74, 6) is 1.90. The number of thiophene rings is 1. The normalized spacial score (nSPS) is 11.2. The maximum absolute atomic E-state index is 13.9. The molecule has 4 aromatic rings. The van der Waals surface area contributed by atoms with Gasteiger partial charge in [0, 0.05) is 0 Å². The van der Waals surface area contributed by atoms with Crippen LogP contribution in [0.2, 0.25) is 5.02 Å². The van der Waals surface area contributed by atoms with Crippen LogP contribution < -0.4 is 18.5 Å². The molecule has 0 N–H and O–H groups in total. The third-order valence-corrected chi connectivity index (χ3v) is 8.85. The molecule has 0 aliphatic rings. The summed E-state index contributed by atoms with van der Waals surface area (Å²) in [6, 6.07) is 23.0. The topological polar surface area (TPSA) is 65.1 Å². The first-order valence-electron chi connectivity index (χ1n) is 10.6. The summed E-state index contributed by atoms with van der Waals surface area (Å²) in [5.41, 5.74) is 2.31. The fraction of sp³-hybridized carbons (Fsp3) is 0.154. The standard InChI is InChI=1S/C26H24ClNO5S2/c1-18-5-4-6-23(15-18)33-26-24(27)16-25(34-26)35(29,30)28(20-9-13-22(32-3)14-10-20)17-19-7-11-21(31-2)12-8-19/h4-16H,17H2,1-3H3. The quantitative estimate of drug-likeness (QED) is 0.235. The van der Waals surface area contributed by atoms with E-state index in [2.05, 4.69) is 0 Å². The monoisotopic (exact) mass is 529 g/mol. The largest absolute Gasteiger partial charge is 0.497 e. The van der Waals surface area contributed by atoms with E-state index in [4.69, 9.17) is 25.8 Å². The Bertz CT molecular complexity index is 1400. The molecule has 1 aromatic heterocycles. The predicted octanol–water partition coefficient (Wildman–Crippen LogP) is 6.91. The lowest BCUT2D eigenvalue weighted by atomic mass is 10.2. The summed E-state index contributed by atoms with van der Waals surface area (Å²) < 4.78 is 45.5. The van der Waals surface area contributed by atoms with Crippen molar-refractivity contribution >= 4 is 38.6 Å². The minimum atomic E-state index is -3.97. The number of halogens is 1. The first kappa shape index (κ1) is 24.9. The SMILES string of the molecule is COc1ccc(CN(c2ccc(OC)cc2)S(=O)(=O)c2cc(Cl)c(Oc3cccc(C)c3)s2)cc1. The zero-order valence-corrected chi connectivity index (χ0v) is 21.8. The number of benzene rings is 3. The third-order valence-electron chi connectivity index (χ3n) is 5.22. The molecule has 0 radical (unpaired) electrons. The minimum absolute atomic E-state index is 0.0782. The van der Waals surface area contributed by atoms with Crippen LogP contribution >= 0.6 is 22.9 Å². The Morgan fingerprint density at radius 3 is 2.09 bits per heavy atom. The van der Waals surface area contributed by atoms with Gasteiger partial charge >= 0.3 is 0 Å². The van der Waals surface area contributed by atoms with Crippen molar-refractivity contribution < 1.29 is 22.6 Å². The van der Waals surface area contributed by atoms with Gasteiger partial charge in [-0.3, -0.25) is 4.31 Å². The lowest BCUT2D eigenvalue weighted by molar-refractivity contribution is 0.414. The average molecular weight is 530 g/mol. The number of hydrogen-bond acceptors (Lipinski definition) is 6. The molecule has 9 heteroatoms. The Hall–Kier alpha value is -3.20. The number of anilines is 1. The molecule has 0 fully saturated rings. The average Bonchev–Trinajstić information content (AvgIpc) is 3.23. The third kappa shape index (κ3) is 5.73. The maximum Gasteiger partial charge on any atom is 0.274 e. The number of aryl methyl sites for hydroxylation is 1. The molecule has 0 aliphatic heterocycles. The lowest BCUT2D eigenvalue weighted by Crippen LogP contribution is -2.30. The van der Waals surface area contributed by atoms with Crippen molar-refractivity contribution in [2.45, 2.75) is 17.7 Å². The molecule has 4 rings (SSSR count). The van der Waals surface area contributed by atoms with Gasteiger partial charge in [-0.1, -0.05) is 47.2 Å². The van der Waals surface area contributed by atoms with E-state index in [0.29, 0.717) is 28.0 Å². The van der Waals surface area contributed by atoms with Gasteiger partial charge in [0.2, 0.25) is 5.06 Å². The van der Waals surface area contributed by atoms with Crippen LogP contribution in [0.4, 0.5) is 5.69 Å². The molecule has 0 amide bonds. The highest BCUT2D eigenvalue weighted by Gasteiger charge is 2.29. The van der Waals surface area contributed by atoms with Crippen molar-refractivity contribution in [3.05, 3.63) is 95.0 Å². The van der Waals surface area contributed by atoms with Crippen molar-refractivity contribution in [1.29, 1.82) is 0 Å². The van der Waals surface area contributed by atoms with Gasteiger partial charge in [-0.05, 0) is 72.6 Å². The van der Waals surface area contributed by atoms with Crippen molar-refractivity contribution in [3.8, 4) is 22.3 Å². The van der Waals surface area contributed by atoms with E-state index < -0.39 is 10.0 Å². The Labute approximate surface area is 214 Å². The second kappa shape index (κ2) is 10.6. The van der Waals surface area contributed by atoms with E-state index in [1.807, 2.05) is 37.3 Å². The summed E-state index contributed by atoms with van der Waals surface area (Å²) in [6.45, 7) is 2.06. The maximum atomic E-state index is 13.9. The second-order valence-corrected chi connectivity index (χ2v) is 11.2. The van der Waals surface area contributed by atoms with Crippen LogP contribution in [0, 0.1) is 6.92 Å². The van der Waals surface area contributed by atoms with Crippen LogP contribution in [0.25, 0.3) is 0 Å². The van der Waals surface area contributed by atoms with Gasteiger partial charge in [0.15, 0.2) is 0 Å². The van der Waals surface area contributed by atoms with Gasteiger partial charge in [0.1, 0.15) is 21.5 Å². The zero-order chi connectivity index (χ0) is 25.0. The van der Waals surface area contributed by atoms with Crippen LogP contribution in [0.5, 0.6) is 22.3 Å². The molecule has 0 saturated heterocycles. The van der Waals surface area contributed by atoms with Crippen LogP contribution in [0.1, 0.15) is 11.1 Å². The van der Waals surface area contributed by atoms with Crippen molar-refractivity contribution in [1.82, 2.24) is 0 Å². The van der Waals surface area contributed by atoms with Crippen LogP contribution in [-0.2, 0) is 16.6 Å². The highest BCUT2D eigenvalue weighted by molar-refractivity contribution is 7.94. The fourth-order valence-corrected chi connectivity index (χ4v) is 6.55. The number of nitrogens with zero attached hydrogens (tertiary/aromatic N) is 1. The van der Waals surface area contributed by atoms with E-state index in [1.54, 1.807) is 56.7 Å². The van der Waals surface area contributed by atoms with Gasteiger partial charge in [-0.2, -0.15) is 0 Å². The molecular formula is C26H24ClNO5S2. The molecule has 1 heterocycles. The lowest BCUT2D eigenvalue weighted by Gasteiger charge is -2.24. The molecule has 35 heavy (non-hydrogen) atoms. The van der Waals surface area contributed by atoms with Crippen molar-refractivity contribution in [2.24, 2.45) is 0 Å². The molecular weight excluding hydrogens is 506 g/mol. The minimum Gasteiger partial charge on any atom is -0.497 e. The van der Waals surface area contributed by atoms with Gasteiger partial charge in [0.25, 0.3) is 10.0 Å². The molecule has 6 nitrogen and oxygen atoms in total. The van der Waals surface area contributed by atoms with Crippen molar-refractivity contribution in [3.63, 3.8) is 0 Å². The Kier molecular flexibility index (Phi) is 7.54. The Balaban J connectivity index is 1.70. The Morgan fingerprint density at radius 1 is 0.857 bits per heavy atom. The van der Waals surface area contributed by atoms with Gasteiger partial charge in [-0.25, -0.2) is 8.42 Å². The predicted molar refractivity (Wildman–Crippen MR) is 140 cm³/mol. The number of rotatable bonds is 9. The molecule has 0 atom stereocenters. The zero-order valence-electron chi connectivity index (χ0n) is 19.4. The molecule has 0 saturated carbocycles. The number of ether oxygens (including phenoxy) is 3. The highest BCUT2D eigenvalue weighted by atomic mass is 35.5. The van der Waals surface area contributed by atoms with Crippen LogP contribution in [0.15, 0.2) is 83.1 Å². The van der Waals surface area contributed by atoms with Crippen LogP contribution in [-0.4, -0.2) is 22.6 Å². The first-order valence-corrected chi connectivity index (χ1v) is 13.3. The Morgan fingerprint density at radius 2 is 1.49 bits per heavy atom. The highest BCUT2D eigenvalue weighted by Crippen LogP contribution is 2.42. The molecule has 0 unspecified atom stereocenters. The molecule has 0 bridgehead atoms. The summed E-state index contributed by atoms with van der Waals surface area (Å²) in [4.78, 5) is 0. The summed E-state index contributed by atoms with van der Waals surface area (Å²) in [5, 5.41) is 0.546. The molecule has 0 aliphatic carbocycles. The molecule has 3 aromatic carbocycles. The van der Waals surface area contributed by atoms with Gasteiger partial charge in [0.05, 0.1) is 31.5 Å². The summed E-state index contributed by atoms with van der Waals surface area (Å²) in [7, 11) is -0.831. The number of methoxy groups -OCH3 is 2. The van der Waals surface area contributed by atoms with Gasteiger partial charge in [-0.15, -0.1) is 0 Å². The smallest absolute Gasteiger partial charge is 0.274 e. The molecule has 182 valence electrons. The van der Waals surface area contributed by atoms with Crippen LogP contribution in [0.3, 0.4) is 0 Å². The summed E-state index contributed by atoms with van der Waals surface area (Å²) >= 11 is 7.38. The summed E-state index contributed by atoms with van der Waals surface area (Å²) in [6.07, 6.45) is 0. The number of hydrogen-bond donors (Lipinski definition) is 0. The van der Waals surface area contributed by atoms with Gasteiger partial charge < -0.3 is 14.2 Å². The van der Waals surface area contributed by atoms with E-state index in [-0.39, 0.29) is 15.8 Å². The number of sulfonamides is 1. The van der Waals surface area contributed by atoms with Crippen molar-refractivity contribution in [2.75, 3.05) is 18.5 Å². The van der Waals surface area contributed by atoms with E-state index >= 15 is 0 Å². The van der Waals surface area contributed by atoms with E-state index in [0.717, 1.165) is 22.5 Å². The first-order chi connectivity index (χ1) is 16.8. The molecule has 0 spiro atoms. The fourth-order valence-electron chi connectivity index (χ4n) is 3.38. The van der Waals surface area contributed by atoms with E-state index in [9.17, 15) is 8.42 Å².